The average Bonchev–Trinajstić information content (AvgIpc) is 2.58. The normalized spacial score (nSPS) is 10.8. The molecule has 0 fully saturated rings. The van der Waals surface area contributed by atoms with Crippen LogP contribution in [0.4, 0.5) is 0 Å². The van der Waals surface area contributed by atoms with E-state index in [0.717, 1.165) is 44.0 Å². The van der Waals surface area contributed by atoms with Gasteiger partial charge >= 0.3 is 0 Å². The molecule has 1 aromatic heterocycles. The Bertz CT molecular complexity index is 602. The van der Waals surface area contributed by atoms with Crippen LogP contribution in [0.1, 0.15) is 18.1 Å². The van der Waals surface area contributed by atoms with E-state index in [2.05, 4.69) is 51.8 Å². The monoisotopic (exact) mass is 458 g/mol. The Balaban J connectivity index is 0.00000288. The van der Waals surface area contributed by atoms with Crippen molar-refractivity contribution in [2.45, 2.75) is 19.8 Å². The first kappa shape index (κ1) is 20.7. The maximum absolute atomic E-state index is 5.79. The lowest BCUT2D eigenvalue weighted by molar-refractivity contribution is 0.795. The van der Waals surface area contributed by atoms with Crippen molar-refractivity contribution in [2.24, 2.45) is 4.99 Å². The van der Waals surface area contributed by atoms with Gasteiger partial charge in [-0.15, -0.1) is 24.0 Å². The summed E-state index contributed by atoms with van der Waals surface area (Å²) < 4.78 is 0. The van der Waals surface area contributed by atoms with E-state index < -0.39 is 0 Å². The number of hydrogen-bond donors (Lipinski definition) is 2. The van der Waals surface area contributed by atoms with Gasteiger partial charge in [0.05, 0.1) is 0 Å². The van der Waals surface area contributed by atoms with E-state index in [1.54, 1.807) is 0 Å². The second-order valence-electron chi connectivity index (χ2n) is 5.16. The SMILES string of the molecule is CCNC(=NCCc1ccccc1)NCCc1ccc(Cl)nc1.I. The minimum Gasteiger partial charge on any atom is -0.357 e. The lowest BCUT2D eigenvalue weighted by Gasteiger charge is -2.11. The molecular weight excluding hydrogens is 435 g/mol. The zero-order chi connectivity index (χ0) is 16.3. The Morgan fingerprint density at radius 1 is 1.04 bits per heavy atom. The van der Waals surface area contributed by atoms with Crippen molar-refractivity contribution in [3.05, 3.63) is 64.9 Å². The fourth-order valence-corrected chi connectivity index (χ4v) is 2.27. The zero-order valence-corrected chi connectivity index (χ0v) is 16.9. The molecule has 0 aliphatic rings. The van der Waals surface area contributed by atoms with Gasteiger partial charge in [0.25, 0.3) is 0 Å². The quantitative estimate of drug-likeness (QED) is 0.288. The maximum Gasteiger partial charge on any atom is 0.191 e. The van der Waals surface area contributed by atoms with Crippen LogP contribution in [0, 0.1) is 0 Å². The van der Waals surface area contributed by atoms with Crippen LogP contribution < -0.4 is 10.6 Å². The van der Waals surface area contributed by atoms with Gasteiger partial charge in [0, 0.05) is 25.8 Å². The van der Waals surface area contributed by atoms with Crippen LogP contribution >= 0.6 is 35.6 Å². The number of hydrogen-bond acceptors (Lipinski definition) is 2. The molecule has 0 saturated heterocycles. The smallest absolute Gasteiger partial charge is 0.191 e. The van der Waals surface area contributed by atoms with Gasteiger partial charge in [0.2, 0.25) is 0 Å². The van der Waals surface area contributed by atoms with E-state index in [-0.39, 0.29) is 24.0 Å². The summed E-state index contributed by atoms with van der Waals surface area (Å²) in [4.78, 5) is 8.70. The zero-order valence-electron chi connectivity index (χ0n) is 13.8. The molecule has 0 aliphatic carbocycles. The fraction of sp³-hybridized carbons (Fsp3) is 0.333. The fourth-order valence-electron chi connectivity index (χ4n) is 2.16. The molecule has 1 heterocycles. The van der Waals surface area contributed by atoms with Crippen LogP contribution in [0.3, 0.4) is 0 Å². The number of pyridine rings is 1. The summed E-state index contributed by atoms with van der Waals surface area (Å²) in [5.41, 5.74) is 2.46. The largest absolute Gasteiger partial charge is 0.357 e. The number of nitrogens with one attached hydrogen (secondary N) is 2. The first-order valence-corrected chi connectivity index (χ1v) is 8.32. The molecule has 0 amide bonds. The molecule has 0 saturated carbocycles. The maximum atomic E-state index is 5.79. The van der Waals surface area contributed by atoms with Gasteiger partial charge in [0.15, 0.2) is 5.96 Å². The molecule has 0 unspecified atom stereocenters. The third-order valence-electron chi connectivity index (χ3n) is 3.35. The van der Waals surface area contributed by atoms with Gasteiger partial charge < -0.3 is 10.6 Å². The highest BCUT2D eigenvalue weighted by molar-refractivity contribution is 14.0. The standard InChI is InChI=1S/C18H23ClN4.HI/c1-2-20-18(21-12-10-15-6-4-3-5-7-15)22-13-11-16-8-9-17(19)23-14-16;/h3-9,14H,2,10-13H2,1H3,(H2,20,21,22);1H. The Morgan fingerprint density at radius 3 is 2.50 bits per heavy atom. The summed E-state index contributed by atoms with van der Waals surface area (Å²) in [6, 6.07) is 14.2. The van der Waals surface area contributed by atoms with Crippen molar-refractivity contribution in [1.82, 2.24) is 15.6 Å². The molecule has 6 heteroatoms. The molecule has 130 valence electrons. The molecule has 0 bridgehead atoms. The highest BCUT2D eigenvalue weighted by atomic mass is 127. The molecule has 0 radical (unpaired) electrons. The van der Waals surface area contributed by atoms with Crippen LogP contribution in [0.2, 0.25) is 5.15 Å². The lowest BCUT2D eigenvalue weighted by atomic mass is 10.2. The van der Waals surface area contributed by atoms with Crippen molar-refractivity contribution in [2.75, 3.05) is 19.6 Å². The molecule has 0 spiro atoms. The van der Waals surface area contributed by atoms with Crippen molar-refractivity contribution in [1.29, 1.82) is 0 Å². The lowest BCUT2D eigenvalue weighted by Crippen LogP contribution is -2.38. The van der Waals surface area contributed by atoms with Gasteiger partial charge in [-0.05, 0) is 37.0 Å². The molecule has 4 nitrogen and oxygen atoms in total. The third-order valence-corrected chi connectivity index (χ3v) is 3.58. The molecule has 1 aromatic carbocycles. The first-order chi connectivity index (χ1) is 11.3. The Labute approximate surface area is 166 Å². The molecule has 0 atom stereocenters. The minimum atomic E-state index is 0. The van der Waals surface area contributed by atoms with Gasteiger partial charge in [-0.3, -0.25) is 4.99 Å². The van der Waals surface area contributed by atoms with Crippen molar-refractivity contribution in [3.63, 3.8) is 0 Å². The van der Waals surface area contributed by atoms with Crippen molar-refractivity contribution in [3.8, 4) is 0 Å². The van der Waals surface area contributed by atoms with Gasteiger partial charge in [-0.1, -0.05) is 48.0 Å². The minimum absolute atomic E-state index is 0. The van der Waals surface area contributed by atoms with Crippen molar-refractivity contribution < 1.29 is 0 Å². The molecule has 2 aromatic rings. The van der Waals surface area contributed by atoms with Gasteiger partial charge in [0.1, 0.15) is 5.15 Å². The number of aliphatic imine (C=N–C) groups is 1. The van der Waals surface area contributed by atoms with Crippen LogP contribution in [0.25, 0.3) is 0 Å². The van der Waals surface area contributed by atoms with E-state index in [1.165, 1.54) is 5.56 Å². The summed E-state index contributed by atoms with van der Waals surface area (Å²) in [7, 11) is 0. The highest BCUT2D eigenvalue weighted by Crippen LogP contribution is 2.05. The van der Waals surface area contributed by atoms with Crippen LogP contribution in [-0.4, -0.2) is 30.6 Å². The van der Waals surface area contributed by atoms with E-state index in [9.17, 15) is 0 Å². The predicted molar refractivity (Wildman–Crippen MR) is 112 cm³/mol. The Kier molecular flexibility index (Phi) is 10.4. The van der Waals surface area contributed by atoms with E-state index in [4.69, 9.17) is 11.6 Å². The summed E-state index contributed by atoms with van der Waals surface area (Å²) in [6.07, 6.45) is 3.63. The van der Waals surface area contributed by atoms with E-state index in [0.29, 0.717) is 5.15 Å². The molecule has 0 aliphatic heterocycles. The molecule has 2 N–H and O–H groups in total. The van der Waals surface area contributed by atoms with Crippen LogP contribution in [0.5, 0.6) is 0 Å². The highest BCUT2D eigenvalue weighted by Gasteiger charge is 1.99. The van der Waals surface area contributed by atoms with Gasteiger partial charge in [-0.2, -0.15) is 0 Å². The number of rotatable bonds is 7. The predicted octanol–water partition coefficient (Wildman–Crippen LogP) is 3.69. The summed E-state index contributed by atoms with van der Waals surface area (Å²) in [5.74, 6) is 0.852. The third kappa shape index (κ3) is 7.97. The van der Waals surface area contributed by atoms with E-state index >= 15 is 0 Å². The molecule has 2 rings (SSSR count). The van der Waals surface area contributed by atoms with Crippen LogP contribution in [-0.2, 0) is 12.8 Å². The average molecular weight is 459 g/mol. The number of nitrogens with zero attached hydrogens (tertiary/aromatic N) is 2. The number of halogens is 2. The van der Waals surface area contributed by atoms with Gasteiger partial charge in [-0.25, -0.2) is 4.98 Å². The Hall–Kier alpha value is -1.34. The second-order valence-corrected chi connectivity index (χ2v) is 5.55. The Morgan fingerprint density at radius 2 is 1.83 bits per heavy atom. The summed E-state index contributed by atoms with van der Waals surface area (Å²) >= 11 is 5.79. The first-order valence-electron chi connectivity index (χ1n) is 7.94. The second kappa shape index (κ2) is 12.1. The van der Waals surface area contributed by atoms with Crippen molar-refractivity contribution >= 4 is 41.5 Å². The number of aromatic nitrogens is 1. The number of benzene rings is 1. The summed E-state index contributed by atoms with van der Waals surface area (Å²) in [6.45, 7) is 4.49. The molecule has 24 heavy (non-hydrogen) atoms. The topological polar surface area (TPSA) is 49.3 Å². The van der Waals surface area contributed by atoms with E-state index in [1.807, 2.05) is 24.4 Å². The molecular formula is C18H24ClIN4. The number of guanidine groups is 1. The van der Waals surface area contributed by atoms with Crippen LogP contribution in [0.15, 0.2) is 53.7 Å². The summed E-state index contributed by atoms with van der Waals surface area (Å²) in [5, 5.41) is 7.14.